The van der Waals surface area contributed by atoms with Crippen molar-refractivity contribution in [3.63, 3.8) is 0 Å². The van der Waals surface area contributed by atoms with Gasteiger partial charge in [0.25, 0.3) is 0 Å². The molecule has 0 heterocycles. The molecule has 0 aromatic carbocycles. The largest absolute Gasteiger partial charge is 0.701 e. The van der Waals surface area contributed by atoms with E-state index in [2.05, 4.69) is 15.6 Å². The normalized spacial score (nSPS) is 13.0. The average molecular weight is 224 g/mol. The molecule has 0 atom stereocenters. The minimum absolute atomic E-state index is 0.0221. The van der Waals surface area contributed by atoms with Gasteiger partial charge in [0.2, 0.25) is 8.32 Å². The van der Waals surface area contributed by atoms with E-state index in [4.69, 9.17) is 14.2 Å². The first-order valence-electron chi connectivity index (χ1n) is 3.83. The third kappa shape index (κ3) is 8.31. The van der Waals surface area contributed by atoms with Gasteiger partial charge in [-0.15, -0.1) is 6.58 Å². The van der Waals surface area contributed by atoms with Crippen LogP contribution in [0.25, 0.3) is 0 Å². The van der Waals surface area contributed by atoms with E-state index in [1.54, 1.807) is 0 Å². The van der Waals surface area contributed by atoms with Crippen LogP contribution >= 0.6 is 0 Å². The van der Waals surface area contributed by atoms with Gasteiger partial charge in [0.05, 0.1) is 6.61 Å². The zero-order valence-corrected chi connectivity index (χ0v) is 10.1. The van der Waals surface area contributed by atoms with Crippen molar-refractivity contribution < 1.29 is 23.2 Å². The monoisotopic (exact) mass is 224 g/mol. The van der Waals surface area contributed by atoms with Crippen LogP contribution < -0.4 is 0 Å². The zero-order chi connectivity index (χ0) is 10.5. The van der Waals surface area contributed by atoms with Crippen molar-refractivity contribution in [3.8, 4) is 0 Å². The molecule has 0 aliphatic heterocycles. The third-order valence-corrected chi connectivity index (χ3v) is 2.38. The number of hydrogen-bond acceptors (Lipinski definition) is 5. The maximum Gasteiger partial charge on any atom is 0.701 e. The van der Waals surface area contributed by atoms with Gasteiger partial charge in [-0.05, 0) is 19.6 Å². The molecule has 2 N–H and O–H groups in total. The molecule has 0 amide bonds. The Kier molecular flexibility index (Phi) is 4.99. The van der Waals surface area contributed by atoms with Gasteiger partial charge in [-0.1, -0.05) is 6.08 Å². The molecule has 0 aromatic heterocycles. The first-order chi connectivity index (χ1) is 5.77. The van der Waals surface area contributed by atoms with Crippen molar-refractivity contribution in [3.05, 3.63) is 12.7 Å². The molecule has 0 saturated carbocycles. The Hall–Kier alpha value is -0.0262. The molecule has 0 fully saturated rings. The molecule has 0 rings (SSSR count). The highest BCUT2D eigenvalue weighted by Crippen LogP contribution is 2.07. The van der Waals surface area contributed by atoms with Crippen molar-refractivity contribution in [2.24, 2.45) is 0 Å². The van der Waals surface area contributed by atoms with E-state index < -0.39 is 17.4 Å². The van der Waals surface area contributed by atoms with Gasteiger partial charge in [-0.3, -0.25) is 4.58 Å². The van der Waals surface area contributed by atoms with Gasteiger partial charge in [-0.25, -0.2) is 4.58 Å². The highest BCUT2D eigenvalue weighted by molar-refractivity contribution is 6.69. The highest BCUT2D eigenvalue weighted by Gasteiger charge is 2.39. The maximum atomic E-state index is 9.11. The number of rotatable bonds is 6. The van der Waals surface area contributed by atoms with Crippen molar-refractivity contribution in [2.75, 3.05) is 6.61 Å². The lowest BCUT2D eigenvalue weighted by Gasteiger charge is -2.21. The van der Waals surface area contributed by atoms with Gasteiger partial charge in [-0.2, -0.15) is 0 Å². The summed E-state index contributed by atoms with van der Waals surface area (Å²) in [4.78, 5) is 18.2. The predicted octanol–water partition coefficient (Wildman–Crippen LogP) is 0.392. The Morgan fingerprint density at radius 2 is 1.77 bits per heavy atom. The van der Waals surface area contributed by atoms with E-state index in [-0.39, 0.29) is 6.61 Å². The van der Waals surface area contributed by atoms with Crippen LogP contribution in [0, 0.1) is 0 Å². The number of hydrogen-bond donors (Lipinski definition) is 2. The minimum atomic E-state index is -4.09. The van der Waals surface area contributed by atoms with Crippen molar-refractivity contribution in [2.45, 2.75) is 19.6 Å². The Balaban J connectivity index is 3.81. The van der Waals surface area contributed by atoms with Crippen LogP contribution in [-0.2, 0) is 13.6 Å². The van der Waals surface area contributed by atoms with Gasteiger partial charge in [0.15, 0.2) is 0 Å². The van der Waals surface area contributed by atoms with E-state index in [1.165, 1.54) is 6.08 Å². The molecule has 0 radical (unpaired) electrons. The lowest BCUT2D eigenvalue weighted by molar-refractivity contribution is -0.193. The Morgan fingerprint density at radius 3 is 2.15 bits per heavy atom. The van der Waals surface area contributed by atoms with E-state index in [9.17, 15) is 0 Å². The molecule has 0 aromatic rings. The van der Waals surface area contributed by atoms with E-state index in [1.807, 2.05) is 19.6 Å². The molecular weight excluding hydrogens is 208 g/mol. The second kappa shape index (κ2) is 5.00. The Bertz CT molecular complexity index is 165. The minimum Gasteiger partial charge on any atom is -0.366 e. The van der Waals surface area contributed by atoms with Crippen LogP contribution in [0.5, 0.6) is 0 Å². The molecular formula is C6H16O5Si2. The van der Waals surface area contributed by atoms with Gasteiger partial charge in [0, 0.05) is 0 Å². The molecule has 7 heteroatoms. The van der Waals surface area contributed by atoms with Crippen molar-refractivity contribution in [1.29, 1.82) is 0 Å². The summed E-state index contributed by atoms with van der Waals surface area (Å²) < 4.78 is 13.9. The standard InChI is InChI=1S/C6H16O5Si2/c1-5-6-9-13(7,8)11-10-12(2,3)4/h5,7-8H,1,6H2,2-4H3. The molecule has 13 heavy (non-hydrogen) atoms. The van der Waals surface area contributed by atoms with Crippen LogP contribution in [-0.4, -0.2) is 33.6 Å². The predicted molar refractivity (Wildman–Crippen MR) is 51.9 cm³/mol. The lowest BCUT2D eigenvalue weighted by atomic mass is 10.7. The summed E-state index contributed by atoms with van der Waals surface area (Å²) in [6.45, 7) is 8.94. The van der Waals surface area contributed by atoms with Gasteiger partial charge >= 0.3 is 9.05 Å². The fourth-order valence-corrected chi connectivity index (χ4v) is 2.19. The molecule has 78 valence electrons. The first kappa shape index (κ1) is 13.0. The quantitative estimate of drug-likeness (QED) is 0.296. The van der Waals surface area contributed by atoms with E-state index in [0.29, 0.717) is 0 Å². The van der Waals surface area contributed by atoms with Crippen molar-refractivity contribution in [1.82, 2.24) is 0 Å². The average Bonchev–Trinajstić information content (AvgIpc) is 1.97. The SMILES string of the molecule is C=CCO[Si](O)(O)OO[Si](C)(C)C. The topological polar surface area (TPSA) is 68.2 Å². The van der Waals surface area contributed by atoms with Crippen LogP contribution in [0.1, 0.15) is 0 Å². The van der Waals surface area contributed by atoms with Crippen LogP contribution in [0.3, 0.4) is 0 Å². The summed E-state index contributed by atoms with van der Waals surface area (Å²) in [5, 5.41) is 0. The fourth-order valence-electron chi connectivity index (χ4n) is 0.371. The highest BCUT2D eigenvalue weighted by atomic mass is 28.4. The van der Waals surface area contributed by atoms with Gasteiger partial charge in [0.1, 0.15) is 0 Å². The molecule has 0 saturated heterocycles. The Morgan fingerprint density at radius 1 is 1.23 bits per heavy atom. The van der Waals surface area contributed by atoms with Crippen molar-refractivity contribution >= 4 is 17.4 Å². The molecule has 0 bridgehead atoms. The lowest BCUT2D eigenvalue weighted by Crippen LogP contribution is -2.45. The van der Waals surface area contributed by atoms with E-state index >= 15 is 0 Å². The van der Waals surface area contributed by atoms with Crippen LogP contribution in [0.4, 0.5) is 0 Å². The Labute approximate surface area is 80.1 Å². The summed E-state index contributed by atoms with van der Waals surface area (Å²) >= 11 is 0. The summed E-state index contributed by atoms with van der Waals surface area (Å²) in [7, 11) is -6.01. The summed E-state index contributed by atoms with van der Waals surface area (Å²) in [5.74, 6) is 0. The molecule has 0 unspecified atom stereocenters. The second-order valence-electron chi connectivity index (χ2n) is 3.43. The zero-order valence-electron chi connectivity index (χ0n) is 8.11. The molecule has 0 aliphatic rings. The van der Waals surface area contributed by atoms with Gasteiger partial charge < -0.3 is 14.0 Å². The van der Waals surface area contributed by atoms with Crippen LogP contribution in [0.15, 0.2) is 12.7 Å². The summed E-state index contributed by atoms with van der Waals surface area (Å²) in [5.41, 5.74) is 0. The second-order valence-corrected chi connectivity index (χ2v) is 9.37. The summed E-state index contributed by atoms with van der Waals surface area (Å²) in [6.07, 6.45) is 1.39. The first-order valence-corrected chi connectivity index (χ1v) is 8.95. The third-order valence-electron chi connectivity index (χ3n) is 0.789. The molecule has 0 aliphatic carbocycles. The molecule has 0 spiro atoms. The smallest absolute Gasteiger partial charge is 0.366 e. The molecule has 5 nitrogen and oxygen atoms in total. The maximum absolute atomic E-state index is 9.11. The van der Waals surface area contributed by atoms with E-state index in [0.717, 1.165) is 0 Å². The summed E-state index contributed by atoms with van der Waals surface area (Å²) in [6, 6.07) is 0. The van der Waals surface area contributed by atoms with Crippen LogP contribution in [0.2, 0.25) is 19.6 Å². The fraction of sp³-hybridized carbons (Fsp3) is 0.667.